The molecule has 4 heteroatoms. The summed E-state index contributed by atoms with van der Waals surface area (Å²) < 4.78 is 5.63. The molecule has 1 aromatic heterocycles. The van der Waals surface area contributed by atoms with Gasteiger partial charge in [-0.05, 0) is 25.0 Å². The van der Waals surface area contributed by atoms with Gasteiger partial charge >= 0.3 is 0 Å². The second-order valence-electron chi connectivity index (χ2n) is 5.10. The van der Waals surface area contributed by atoms with Crippen LogP contribution in [-0.2, 0) is 16.0 Å². The maximum absolute atomic E-state index is 11.9. The van der Waals surface area contributed by atoms with E-state index >= 15 is 0 Å². The Labute approximate surface area is 114 Å². The Kier molecular flexibility index (Phi) is 5.33. The van der Waals surface area contributed by atoms with Crippen LogP contribution in [0, 0.1) is 0 Å². The number of amides is 1. The van der Waals surface area contributed by atoms with Gasteiger partial charge in [-0.15, -0.1) is 0 Å². The van der Waals surface area contributed by atoms with Crippen molar-refractivity contribution in [1.82, 2.24) is 9.88 Å². The lowest BCUT2D eigenvalue weighted by molar-refractivity contribution is -0.136. The molecule has 0 atom stereocenters. The van der Waals surface area contributed by atoms with Crippen molar-refractivity contribution in [3.05, 3.63) is 30.1 Å². The van der Waals surface area contributed by atoms with Gasteiger partial charge in [0.05, 0.1) is 6.10 Å². The Bertz CT molecular complexity index is 388. The summed E-state index contributed by atoms with van der Waals surface area (Å²) in [6, 6.07) is 5.84. The average Bonchev–Trinajstić information content (AvgIpc) is 2.96. The lowest BCUT2D eigenvalue weighted by atomic mass is 10.2. The van der Waals surface area contributed by atoms with Crippen LogP contribution in [0.2, 0.25) is 0 Å². The first kappa shape index (κ1) is 14.0. The fourth-order valence-corrected chi connectivity index (χ4v) is 2.31. The van der Waals surface area contributed by atoms with E-state index in [2.05, 4.69) is 4.98 Å². The molecule has 1 fully saturated rings. The highest BCUT2D eigenvalue weighted by atomic mass is 16.5. The molecule has 1 aliphatic rings. The molecule has 0 radical (unpaired) electrons. The van der Waals surface area contributed by atoms with Crippen molar-refractivity contribution < 1.29 is 9.53 Å². The predicted octanol–water partition coefficient (Wildman–Crippen LogP) is 2.04. The van der Waals surface area contributed by atoms with E-state index in [1.807, 2.05) is 25.2 Å². The van der Waals surface area contributed by atoms with Crippen molar-refractivity contribution in [1.29, 1.82) is 0 Å². The van der Waals surface area contributed by atoms with E-state index in [-0.39, 0.29) is 12.5 Å². The fourth-order valence-electron chi connectivity index (χ4n) is 2.31. The number of carbonyl (C=O) groups excluding carboxylic acids is 1. The van der Waals surface area contributed by atoms with Crippen molar-refractivity contribution in [2.45, 2.75) is 38.2 Å². The summed E-state index contributed by atoms with van der Waals surface area (Å²) in [6.45, 7) is 0.896. The van der Waals surface area contributed by atoms with Crippen LogP contribution in [0.25, 0.3) is 0 Å². The van der Waals surface area contributed by atoms with E-state index < -0.39 is 0 Å². The monoisotopic (exact) mass is 262 g/mol. The SMILES string of the molecule is CN(CCc1ccccn1)C(=O)COC1CCCC1. The van der Waals surface area contributed by atoms with Crippen LogP contribution in [0.15, 0.2) is 24.4 Å². The Hall–Kier alpha value is -1.42. The van der Waals surface area contributed by atoms with Gasteiger partial charge in [0.1, 0.15) is 6.61 Å². The standard InChI is InChI=1S/C15H22N2O2/c1-17(11-9-13-6-4-5-10-16-13)15(18)12-19-14-7-2-3-8-14/h4-6,10,14H,2-3,7-9,11-12H2,1H3. The van der Waals surface area contributed by atoms with Crippen LogP contribution >= 0.6 is 0 Å². The molecule has 0 aliphatic heterocycles. The largest absolute Gasteiger partial charge is 0.368 e. The highest BCUT2D eigenvalue weighted by Crippen LogP contribution is 2.20. The van der Waals surface area contributed by atoms with E-state index in [4.69, 9.17) is 4.74 Å². The third-order valence-electron chi connectivity index (χ3n) is 3.60. The first-order valence-electron chi connectivity index (χ1n) is 7.01. The van der Waals surface area contributed by atoms with E-state index in [1.165, 1.54) is 12.8 Å². The first-order valence-corrected chi connectivity index (χ1v) is 7.01. The van der Waals surface area contributed by atoms with E-state index in [9.17, 15) is 4.79 Å². The number of ether oxygens (including phenoxy) is 1. The first-order chi connectivity index (χ1) is 9.25. The molecule has 19 heavy (non-hydrogen) atoms. The minimum atomic E-state index is 0.0582. The zero-order valence-electron chi connectivity index (χ0n) is 11.5. The summed E-state index contributed by atoms with van der Waals surface area (Å²) in [5.74, 6) is 0.0582. The average molecular weight is 262 g/mol. The lowest BCUT2D eigenvalue weighted by Gasteiger charge is -2.18. The molecule has 1 amide bonds. The third-order valence-corrected chi connectivity index (χ3v) is 3.60. The van der Waals surface area contributed by atoms with Crippen LogP contribution in [0.3, 0.4) is 0 Å². The maximum atomic E-state index is 11.9. The van der Waals surface area contributed by atoms with Crippen LogP contribution in [0.5, 0.6) is 0 Å². The Morgan fingerprint density at radius 2 is 2.21 bits per heavy atom. The van der Waals surface area contributed by atoms with Crippen molar-refractivity contribution in [3.8, 4) is 0 Å². The highest BCUT2D eigenvalue weighted by Gasteiger charge is 2.17. The fraction of sp³-hybridized carbons (Fsp3) is 0.600. The van der Waals surface area contributed by atoms with Crippen LogP contribution in [-0.4, -0.2) is 42.1 Å². The molecule has 4 nitrogen and oxygen atoms in total. The number of rotatable bonds is 6. The van der Waals surface area contributed by atoms with Crippen molar-refractivity contribution in [2.75, 3.05) is 20.2 Å². The number of likely N-dealkylation sites (N-methyl/N-ethyl adjacent to an activating group) is 1. The van der Waals surface area contributed by atoms with E-state index in [0.29, 0.717) is 12.6 Å². The Balaban J connectivity index is 1.67. The van der Waals surface area contributed by atoms with Gasteiger partial charge in [-0.1, -0.05) is 18.9 Å². The summed E-state index contributed by atoms with van der Waals surface area (Å²) in [4.78, 5) is 17.9. The predicted molar refractivity (Wildman–Crippen MR) is 73.8 cm³/mol. The number of aromatic nitrogens is 1. The summed E-state index contributed by atoms with van der Waals surface area (Å²) >= 11 is 0. The molecule has 1 saturated carbocycles. The molecule has 0 bridgehead atoms. The molecule has 1 aliphatic carbocycles. The topological polar surface area (TPSA) is 42.4 Å². The maximum Gasteiger partial charge on any atom is 0.248 e. The molecule has 0 saturated heterocycles. The van der Waals surface area contributed by atoms with E-state index in [0.717, 1.165) is 25.0 Å². The minimum absolute atomic E-state index is 0.0582. The number of pyridine rings is 1. The van der Waals surface area contributed by atoms with Gasteiger partial charge in [-0.2, -0.15) is 0 Å². The number of hydrogen-bond donors (Lipinski definition) is 0. The smallest absolute Gasteiger partial charge is 0.248 e. The summed E-state index contributed by atoms with van der Waals surface area (Å²) in [6.07, 6.45) is 7.53. The number of carbonyl (C=O) groups is 1. The van der Waals surface area contributed by atoms with Gasteiger partial charge in [0.15, 0.2) is 0 Å². The van der Waals surface area contributed by atoms with Gasteiger partial charge in [0.25, 0.3) is 0 Å². The molecule has 104 valence electrons. The second-order valence-corrected chi connectivity index (χ2v) is 5.10. The summed E-state index contributed by atoms with van der Waals surface area (Å²) in [5, 5.41) is 0. The van der Waals surface area contributed by atoms with Crippen molar-refractivity contribution in [3.63, 3.8) is 0 Å². The number of nitrogens with zero attached hydrogens (tertiary/aromatic N) is 2. The van der Waals surface area contributed by atoms with Gasteiger partial charge < -0.3 is 9.64 Å². The Morgan fingerprint density at radius 1 is 1.42 bits per heavy atom. The van der Waals surface area contributed by atoms with Gasteiger partial charge in [-0.3, -0.25) is 9.78 Å². The molecular formula is C15H22N2O2. The second kappa shape index (κ2) is 7.24. The van der Waals surface area contributed by atoms with E-state index in [1.54, 1.807) is 11.1 Å². The zero-order valence-corrected chi connectivity index (χ0v) is 11.5. The van der Waals surface area contributed by atoms with Crippen LogP contribution < -0.4 is 0 Å². The minimum Gasteiger partial charge on any atom is -0.368 e. The lowest BCUT2D eigenvalue weighted by Crippen LogP contribution is -2.33. The molecule has 0 unspecified atom stereocenters. The van der Waals surface area contributed by atoms with Gasteiger partial charge in [-0.25, -0.2) is 0 Å². The molecule has 1 aromatic rings. The summed E-state index contributed by atoms with van der Waals surface area (Å²) in [5.41, 5.74) is 1.01. The van der Waals surface area contributed by atoms with Crippen molar-refractivity contribution in [2.24, 2.45) is 0 Å². The molecule has 0 spiro atoms. The molecule has 0 aromatic carbocycles. The van der Waals surface area contributed by atoms with Gasteiger partial charge in [0.2, 0.25) is 5.91 Å². The normalized spacial score (nSPS) is 15.6. The Morgan fingerprint density at radius 3 is 2.89 bits per heavy atom. The van der Waals surface area contributed by atoms with Gasteiger partial charge in [0, 0.05) is 31.9 Å². The summed E-state index contributed by atoms with van der Waals surface area (Å²) in [7, 11) is 1.82. The third kappa shape index (κ3) is 4.63. The molecule has 1 heterocycles. The van der Waals surface area contributed by atoms with Crippen molar-refractivity contribution >= 4 is 5.91 Å². The molecule has 0 N–H and O–H groups in total. The number of hydrogen-bond acceptors (Lipinski definition) is 3. The highest BCUT2D eigenvalue weighted by molar-refractivity contribution is 5.77. The zero-order chi connectivity index (χ0) is 13.5. The van der Waals surface area contributed by atoms with Crippen LogP contribution in [0.1, 0.15) is 31.4 Å². The quantitative estimate of drug-likeness (QED) is 0.788. The molecule has 2 rings (SSSR count). The molecular weight excluding hydrogens is 240 g/mol. The van der Waals surface area contributed by atoms with Crippen LogP contribution in [0.4, 0.5) is 0 Å².